The Morgan fingerprint density at radius 3 is 2.39 bits per heavy atom. The molecule has 1 N–H and O–H groups in total. The van der Waals surface area contributed by atoms with Gasteiger partial charge in [0.1, 0.15) is 5.75 Å². The van der Waals surface area contributed by atoms with Crippen LogP contribution in [0.3, 0.4) is 0 Å². The fourth-order valence-electron chi connectivity index (χ4n) is 2.16. The Kier molecular flexibility index (Phi) is 2.61. The molecule has 1 unspecified atom stereocenters. The lowest BCUT2D eigenvalue weighted by molar-refractivity contribution is 0.0216. The number of carbonyl (C=O) groups is 1. The number of Topliss-reactive ketones (excluding diaryl/α,β-unsaturated/α-hetero) is 1. The molecule has 2 aromatic carbocycles. The van der Waals surface area contributed by atoms with Gasteiger partial charge in [0.15, 0.2) is 18.0 Å². The van der Waals surface area contributed by atoms with Gasteiger partial charge in [-0.25, -0.2) is 0 Å². The summed E-state index contributed by atoms with van der Waals surface area (Å²) in [6, 6.07) is 16.3. The van der Waals surface area contributed by atoms with E-state index in [1.807, 2.05) is 36.4 Å². The molecule has 1 heterocycles. The van der Waals surface area contributed by atoms with E-state index in [1.54, 1.807) is 18.2 Å². The maximum absolute atomic E-state index is 12.1. The van der Waals surface area contributed by atoms with Gasteiger partial charge in [0, 0.05) is 0 Å². The van der Waals surface area contributed by atoms with Crippen molar-refractivity contribution in [3.05, 3.63) is 65.7 Å². The topological polar surface area (TPSA) is 46.5 Å². The Labute approximate surface area is 105 Å². The average Bonchev–Trinajstić information content (AvgIpc) is 2.44. The first-order valence-corrected chi connectivity index (χ1v) is 5.80. The molecule has 3 rings (SSSR count). The van der Waals surface area contributed by atoms with E-state index in [2.05, 4.69) is 0 Å². The van der Waals surface area contributed by atoms with Gasteiger partial charge in [-0.3, -0.25) is 4.79 Å². The van der Waals surface area contributed by atoms with Gasteiger partial charge in [0.2, 0.25) is 0 Å². The molecule has 3 heteroatoms. The largest absolute Gasteiger partial charge is 0.482 e. The minimum absolute atomic E-state index is 0.286. The molecule has 18 heavy (non-hydrogen) atoms. The second-order valence-electron chi connectivity index (χ2n) is 4.25. The number of aliphatic hydroxyl groups excluding tert-OH is 1. The summed E-state index contributed by atoms with van der Waals surface area (Å²) in [5.41, 5.74) is 1.24. The van der Waals surface area contributed by atoms with Crippen molar-refractivity contribution in [3.8, 4) is 5.75 Å². The Bertz CT molecular complexity index is 577. The van der Waals surface area contributed by atoms with Crippen molar-refractivity contribution >= 4 is 5.78 Å². The number of ether oxygens (including phenoxy) is 1. The first-order valence-electron chi connectivity index (χ1n) is 5.80. The Balaban J connectivity index is 2.04. The predicted octanol–water partition coefficient (Wildman–Crippen LogP) is 2.36. The zero-order chi connectivity index (χ0) is 12.5. The Morgan fingerprint density at radius 2 is 1.61 bits per heavy atom. The van der Waals surface area contributed by atoms with Crippen LogP contribution in [-0.2, 0) is 0 Å². The highest BCUT2D eigenvalue weighted by atomic mass is 16.5. The third kappa shape index (κ3) is 1.69. The molecule has 1 aliphatic heterocycles. The molecular weight excluding hydrogens is 228 g/mol. The highest BCUT2D eigenvalue weighted by Gasteiger charge is 2.36. The van der Waals surface area contributed by atoms with Crippen LogP contribution in [0.2, 0.25) is 0 Å². The standard InChI is InChI=1S/C15H12O3/c16-13-11-8-4-5-9-12(11)18-15(14(13)17)10-6-2-1-3-7-10/h1-9,14-15,17H/t14?,15-/m1/s1. The number of hydrogen-bond acceptors (Lipinski definition) is 3. The van der Waals surface area contributed by atoms with Crippen LogP contribution in [0.15, 0.2) is 54.6 Å². The smallest absolute Gasteiger partial charge is 0.199 e. The number of benzene rings is 2. The van der Waals surface area contributed by atoms with Gasteiger partial charge in [-0.1, -0.05) is 42.5 Å². The molecule has 2 atom stereocenters. The van der Waals surface area contributed by atoms with Crippen molar-refractivity contribution < 1.29 is 14.6 Å². The summed E-state index contributed by atoms with van der Waals surface area (Å²) in [5, 5.41) is 10.1. The zero-order valence-corrected chi connectivity index (χ0v) is 9.61. The van der Waals surface area contributed by atoms with Crippen molar-refractivity contribution in [2.24, 2.45) is 0 Å². The van der Waals surface area contributed by atoms with Crippen LogP contribution in [0.25, 0.3) is 0 Å². The van der Waals surface area contributed by atoms with Crippen molar-refractivity contribution in [1.82, 2.24) is 0 Å². The van der Waals surface area contributed by atoms with Crippen molar-refractivity contribution in [2.75, 3.05) is 0 Å². The van der Waals surface area contributed by atoms with Crippen molar-refractivity contribution in [3.63, 3.8) is 0 Å². The van der Waals surface area contributed by atoms with Crippen LogP contribution < -0.4 is 4.74 Å². The SMILES string of the molecule is O=C1c2ccccc2O[C@H](c2ccccc2)C1O. The van der Waals surface area contributed by atoms with Crippen molar-refractivity contribution in [1.29, 1.82) is 0 Å². The number of para-hydroxylation sites is 1. The lowest BCUT2D eigenvalue weighted by atomic mass is 9.94. The summed E-state index contributed by atoms with van der Waals surface area (Å²) in [4.78, 5) is 12.1. The fraction of sp³-hybridized carbons (Fsp3) is 0.133. The number of aliphatic hydroxyl groups is 1. The van der Waals surface area contributed by atoms with Crippen LogP contribution in [-0.4, -0.2) is 17.0 Å². The molecule has 0 amide bonds. The van der Waals surface area contributed by atoms with Crippen LogP contribution >= 0.6 is 0 Å². The van der Waals surface area contributed by atoms with Gasteiger partial charge < -0.3 is 9.84 Å². The second-order valence-corrected chi connectivity index (χ2v) is 4.25. The molecule has 0 aliphatic carbocycles. The van der Waals surface area contributed by atoms with Crippen LogP contribution in [0, 0.1) is 0 Å². The molecule has 0 saturated carbocycles. The van der Waals surface area contributed by atoms with E-state index in [0.717, 1.165) is 5.56 Å². The van der Waals surface area contributed by atoms with E-state index in [4.69, 9.17) is 4.74 Å². The van der Waals surface area contributed by atoms with Crippen molar-refractivity contribution in [2.45, 2.75) is 12.2 Å². The minimum Gasteiger partial charge on any atom is -0.482 e. The summed E-state index contributed by atoms with van der Waals surface area (Å²) >= 11 is 0. The van der Waals surface area contributed by atoms with E-state index < -0.39 is 12.2 Å². The Morgan fingerprint density at radius 1 is 0.944 bits per heavy atom. The van der Waals surface area contributed by atoms with Crippen LogP contribution in [0.5, 0.6) is 5.75 Å². The molecular formula is C15H12O3. The molecule has 0 bridgehead atoms. The van der Waals surface area contributed by atoms with Gasteiger partial charge in [0.25, 0.3) is 0 Å². The quantitative estimate of drug-likeness (QED) is 0.832. The second kappa shape index (κ2) is 4.27. The predicted molar refractivity (Wildman–Crippen MR) is 66.6 cm³/mol. The normalized spacial score (nSPS) is 22.2. The molecule has 0 aromatic heterocycles. The number of carbonyl (C=O) groups excluding carboxylic acids is 1. The average molecular weight is 240 g/mol. The summed E-state index contributed by atoms with van der Waals surface area (Å²) < 4.78 is 5.73. The molecule has 0 radical (unpaired) electrons. The lowest BCUT2D eigenvalue weighted by Crippen LogP contribution is -2.36. The minimum atomic E-state index is -1.15. The Hall–Kier alpha value is -2.13. The third-order valence-electron chi connectivity index (χ3n) is 3.09. The monoisotopic (exact) mass is 240 g/mol. The lowest BCUT2D eigenvalue weighted by Gasteiger charge is -2.29. The summed E-state index contributed by atoms with van der Waals surface area (Å²) in [7, 11) is 0. The zero-order valence-electron chi connectivity index (χ0n) is 9.61. The number of rotatable bonds is 1. The van der Waals surface area contributed by atoms with E-state index in [9.17, 15) is 9.90 Å². The van der Waals surface area contributed by atoms with Gasteiger partial charge in [-0.05, 0) is 17.7 Å². The highest BCUT2D eigenvalue weighted by molar-refractivity contribution is 6.03. The van der Waals surface area contributed by atoms with E-state index in [-0.39, 0.29) is 5.78 Å². The molecule has 0 spiro atoms. The van der Waals surface area contributed by atoms with E-state index >= 15 is 0 Å². The summed E-state index contributed by atoms with van der Waals surface area (Å²) in [5.74, 6) is 0.243. The molecule has 0 saturated heterocycles. The van der Waals surface area contributed by atoms with E-state index in [1.165, 1.54) is 0 Å². The third-order valence-corrected chi connectivity index (χ3v) is 3.09. The maximum Gasteiger partial charge on any atom is 0.199 e. The number of ketones is 1. The van der Waals surface area contributed by atoms with Crippen LogP contribution in [0.1, 0.15) is 22.0 Å². The van der Waals surface area contributed by atoms with Gasteiger partial charge in [0.05, 0.1) is 5.56 Å². The first-order chi connectivity index (χ1) is 8.77. The van der Waals surface area contributed by atoms with Gasteiger partial charge in [-0.15, -0.1) is 0 Å². The van der Waals surface area contributed by atoms with Gasteiger partial charge in [-0.2, -0.15) is 0 Å². The molecule has 3 nitrogen and oxygen atoms in total. The first kappa shape index (κ1) is 11.0. The molecule has 0 fully saturated rings. The number of hydrogen-bond donors (Lipinski definition) is 1. The molecule has 2 aromatic rings. The highest BCUT2D eigenvalue weighted by Crippen LogP contribution is 2.34. The fourth-order valence-corrected chi connectivity index (χ4v) is 2.16. The van der Waals surface area contributed by atoms with E-state index in [0.29, 0.717) is 11.3 Å². The number of fused-ring (bicyclic) bond motifs is 1. The summed E-state index contributed by atoms with van der Waals surface area (Å²) in [6.45, 7) is 0. The van der Waals surface area contributed by atoms with Crippen LogP contribution in [0.4, 0.5) is 0 Å². The maximum atomic E-state index is 12.1. The van der Waals surface area contributed by atoms with Gasteiger partial charge >= 0.3 is 0 Å². The summed E-state index contributed by atoms with van der Waals surface area (Å²) in [6.07, 6.45) is -1.78. The molecule has 1 aliphatic rings. The molecule has 90 valence electrons.